The van der Waals surface area contributed by atoms with Crippen LogP contribution in [-0.2, 0) is 16.8 Å². The number of hydrogen-bond acceptors (Lipinski definition) is 6. The molecule has 0 unspecified atom stereocenters. The first-order valence-electron chi connectivity index (χ1n) is 11.1. The highest BCUT2D eigenvalue weighted by Crippen LogP contribution is 2.19. The third-order valence-corrected chi connectivity index (χ3v) is 5.24. The van der Waals surface area contributed by atoms with Gasteiger partial charge in [-0.05, 0) is 56.5 Å². The number of allylic oxidation sites excluding steroid dienone is 4. The normalized spacial score (nSPS) is 12.8. The minimum atomic E-state index is -0.428. The predicted octanol–water partition coefficient (Wildman–Crippen LogP) is 4.18. The molecule has 0 radical (unpaired) electrons. The Morgan fingerprint density at radius 3 is 2.46 bits per heavy atom. The first-order chi connectivity index (χ1) is 16.5. The van der Waals surface area contributed by atoms with E-state index in [9.17, 15) is 10.1 Å². The van der Waals surface area contributed by atoms with Crippen molar-refractivity contribution in [3.05, 3.63) is 101 Å². The van der Waals surface area contributed by atoms with Crippen LogP contribution in [0.4, 0.5) is 0 Å². The van der Waals surface area contributed by atoms with Crippen molar-refractivity contribution in [2.75, 3.05) is 7.05 Å². The Balaban J connectivity index is 2.26. The van der Waals surface area contributed by atoms with Gasteiger partial charge in [0.05, 0.1) is 17.8 Å². The van der Waals surface area contributed by atoms with Gasteiger partial charge in [-0.3, -0.25) is 9.78 Å². The molecule has 2 aromatic rings. The summed E-state index contributed by atoms with van der Waals surface area (Å²) >= 11 is 0. The zero-order valence-corrected chi connectivity index (χ0v) is 21.0. The Hall–Kier alpha value is -4.24. The average Bonchev–Trinajstić information content (AvgIpc) is 2.81. The molecule has 0 atom stereocenters. The first-order valence-corrected chi connectivity index (χ1v) is 11.1. The lowest BCUT2D eigenvalue weighted by molar-refractivity contribution is -0.126. The number of aliphatic imine (C=N–C) groups is 1. The third-order valence-electron chi connectivity index (χ3n) is 5.24. The van der Waals surface area contributed by atoms with Crippen molar-refractivity contribution in [3.8, 4) is 6.07 Å². The summed E-state index contributed by atoms with van der Waals surface area (Å²) in [7, 11) is 1.72. The van der Waals surface area contributed by atoms with Crippen LogP contribution in [0, 0.1) is 11.3 Å². The molecule has 7 heteroatoms. The monoisotopic (exact) mass is 468 g/mol. The average molecular weight is 469 g/mol. The molecule has 35 heavy (non-hydrogen) atoms. The van der Waals surface area contributed by atoms with Crippen LogP contribution in [0.2, 0.25) is 0 Å². The summed E-state index contributed by atoms with van der Waals surface area (Å²) in [4.78, 5) is 23.1. The van der Waals surface area contributed by atoms with Crippen molar-refractivity contribution < 1.29 is 4.79 Å². The van der Waals surface area contributed by atoms with Crippen molar-refractivity contribution in [1.82, 2.24) is 9.88 Å². The van der Waals surface area contributed by atoms with Crippen molar-refractivity contribution in [3.63, 3.8) is 0 Å². The standard InChI is InChI=1S/C28H32N6O/c1-7-8-24(33-26(17-29)20(3)30)22-13-14-32-25(16-22)19(2)18-34(6)27(35)15-21-9-11-23(12-10-21)28(4,5)31/h8-14,16,18H,1,15,30-31H2,2-6H3/b19-18+,26-20+,33-24?. The fourth-order valence-corrected chi connectivity index (χ4v) is 3.18. The molecule has 0 saturated carbocycles. The van der Waals surface area contributed by atoms with E-state index in [-0.39, 0.29) is 18.0 Å². The maximum Gasteiger partial charge on any atom is 0.230 e. The third kappa shape index (κ3) is 7.65. The van der Waals surface area contributed by atoms with Gasteiger partial charge in [-0.2, -0.15) is 5.26 Å². The number of pyridine rings is 1. The Morgan fingerprint density at radius 2 is 1.91 bits per heavy atom. The van der Waals surface area contributed by atoms with E-state index in [1.807, 2.05) is 57.2 Å². The Morgan fingerprint density at radius 1 is 1.26 bits per heavy atom. The maximum atomic E-state index is 12.8. The van der Waals surface area contributed by atoms with E-state index in [2.05, 4.69) is 22.3 Å². The summed E-state index contributed by atoms with van der Waals surface area (Å²) in [6.07, 6.45) is 5.23. The highest BCUT2D eigenvalue weighted by molar-refractivity contribution is 6.09. The summed E-state index contributed by atoms with van der Waals surface area (Å²) < 4.78 is 0. The molecule has 0 aliphatic heterocycles. The lowest BCUT2D eigenvalue weighted by atomic mass is 9.94. The lowest BCUT2D eigenvalue weighted by Crippen LogP contribution is -2.28. The molecule has 7 nitrogen and oxygen atoms in total. The largest absolute Gasteiger partial charge is 0.400 e. The topological polar surface area (TPSA) is 121 Å². The van der Waals surface area contributed by atoms with E-state index in [0.29, 0.717) is 22.7 Å². The van der Waals surface area contributed by atoms with E-state index in [1.54, 1.807) is 43.4 Å². The quantitative estimate of drug-likeness (QED) is 0.342. The number of amides is 1. The fourth-order valence-electron chi connectivity index (χ4n) is 3.18. The summed E-state index contributed by atoms with van der Waals surface area (Å²) in [6, 6.07) is 13.3. The maximum absolute atomic E-state index is 12.8. The molecule has 0 spiro atoms. The molecular formula is C28H32N6O. The van der Waals surface area contributed by atoms with Crippen LogP contribution in [-0.4, -0.2) is 28.6 Å². The predicted molar refractivity (Wildman–Crippen MR) is 141 cm³/mol. The van der Waals surface area contributed by atoms with Crippen molar-refractivity contribution in [2.45, 2.75) is 39.7 Å². The molecule has 180 valence electrons. The van der Waals surface area contributed by atoms with Gasteiger partial charge in [-0.1, -0.05) is 30.8 Å². The zero-order valence-electron chi connectivity index (χ0n) is 21.0. The van der Waals surface area contributed by atoms with Crippen molar-refractivity contribution >= 4 is 17.2 Å². The molecule has 1 aromatic carbocycles. The van der Waals surface area contributed by atoms with Crippen molar-refractivity contribution in [1.29, 1.82) is 5.26 Å². The van der Waals surface area contributed by atoms with Crippen LogP contribution in [0.15, 0.2) is 83.6 Å². The second kappa shape index (κ2) is 11.8. The molecule has 0 fully saturated rings. The molecular weight excluding hydrogens is 436 g/mol. The second-order valence-electron chi connectivity index (χ2n) is 8.83. The highest BCUT2D eigenvalue weighted by Gasteiger charge is 2.15. The van der Waals surface area contributed by atoms with Gasteiger partial charge in [-0.25, -0.2) is 4.99 Å². The summed E-state index contributed by atoms with van der Waals surface area (Å²) in [5, 5.41) is 9.30. The van der Waals surface area contributed by atoms with E-state index in [4.69, 9.17) is 11.5 Å². The number of nitrogens with two attached hydrogens (primary N) is 2. The molecule has 0 aliphatic carbocycles. The van der Waals surface area contributed by atoms with Crippen LogP contribution < -0.4 is 11.5 Å². The van der Waals surface area contributed by atoms with Gasteiger partial charge in [0.25, 0.3) is 0 Å². The molecule has 4 N–H and O–H groups in total. The first kappa shape index (κ1) is 27.0. The number of hydrogen-bond donors (Lipinski definition) is 2. The van der Waals surface area contributed by atoms with E-state index in [0.717, 1.165) is 16.7 Å². The summed E-state index contributed by atoms with van der Waals surface area (Å²) in [5.74, 6) is -0.0562. The van der Waals surface area contributed by atoms with Crippen LogP contribution in [0.25, 0.3) is 5.57 Å². The molecule has 2 rings (SSSR count). The number of nitriles is 1. The minimum Gasteiger partial charge on any atom is -0.400 e. The lowest BCUT2D eigenvalue weighted by Gasteiger charge is -2.19. The van der Waals surface area contributed by atoms with Gasteiger partial charge in [-0.15, -0.1) is 5.73 Å². The molecule has 1 aromatic heterocycles. The van der Waals surface area contributed by atoms with Gasteiger partial charge in [0, 0.05) is 42.3 Å². The van der Waals surface area contributed by atoms with Gasteiger partial charge in [0.1, 0.15) is 6.07 Å². The number of rotatable bonds is 8. The Bertz CT molecular complexity index is 1260. The van der Waals surface area contributed by atoms with Gasteiger partial charge in [0.2, 0.25) is 5.91 Å². The number of likely N-dealkylation sites (N-methyl/N-ethyl adjacent to an activating group) is 1. The highest BCUT2D eigenvalue weighted by atomic mass is 16.2. The summed E-state index contributed by atoms with van der Waals surface area (Å²) in [6.45, 7) is 11.0. The minimum absolute atomic E-state index is 0.0562. The molecule has 1 heterocycles. The van der Waals surface area contributed by atoms with E-state index >= 15 is 0 Å². The fraction of sp³-hybridized carbons (Fsp3) is 0.250. The number of carbonyl (C=O) groups is 1. The van der Waals surface area contributed by atoms with Gasteiger partial charge >= 0.3 is 0 Å². The zero-order chi connectivity index (χ0) is 26.2. The molecule has 0 saturated heterocycles. The Kier molecular flexibility index (Phi) is 9.07. The number of aromatic nitrogens is 1. The Labute approximate surface area is 207 Å². The van der Waals surface area contributed by atoms with E-state index < -0.39 is 5.54 Å². The van der Waals surface area contributed by atoms with E-state index in [1.165, 1.54) is 0 Å². The van der Waals surface area contributed by atoms with Crippen LogP contribution >= 0.6 is 0 Å². The van der Waals surface area contributed by atoms with Crippen LogP contribution in [0.3, 0.4) is 0 Å². The number of nitrogens with zero attached hydrogens (tertiary/aromatic N) is 4. The van der Waals surface area contributed by atoms with Gasteiger partial charge < -0.3 is 16.4 Å². The van der Waals surface area contributed by atoms with Crippen LogP contribution in [0.1, 0.15) is 50.1 Å². The van der Waals surface area contributed by atoms with Crippen LogP contribution in [0.5, 0.6) is 0 Å². The number of carbonyl (C=O) groups excluding carboxylic acids is 1. The van der Waals surface area contributed by atoms with Crippen molar-refractivity contribution in [2.24, 2.45) is 16.5 Å². The molecule has 0 aliphatic rings. The molecule has 1 amide bonds. The number of benzene rings is 1. The smallest absolute Gasteiger partial charge is 0.230 e. The molecule has 0 bridgehead atoms. The van der Waals surface area contributed by atoms with Gasteiger partial charge in [0.15, 0.2) is 5.70 Å². The summed E-state index contributed by atoms with van der Waals surface area (Å²) in [5.41, 5.74) is 19.1. The SMILES string of the molecule is C=C=CC(=N/C(C#N)=C(\C)N)c1ccnc(/C(C)=C/N(C)C(=O)Cc2ccc(C(C)(C)N)cc2)c1. The second-order valence-corrected chi connectivity index (χ2v) is 8.83.